The van der Waals surface area contributed by atoms with E-state index in [1.807, 2.05) is 17.1 Å². The van der Waals surface area contributed by atoms with Gasteiger partial charge in [0.1, 0.15) is 5.56 Å². The molecule has 0 fully saturated rings. The van der Waals surface area contributed by atoms with Gasteiger partial charge in [0.25, 0.3) is 11.5 Å². The summed E-state index contributed by atoms with van der Waals surface area (Å²) >= 11 is 0. The molecule has 2 rings (SSSR count). The van der Waals surface area contributed by atoms with Crippen LogP contribution in [0.5, 0.6) is 0 Å². The molecule has 1 amide bonds. The van der Waals surface area contributed by atoms with Crippen LogP contribution in [-0.2, 0) is 9.53 Å². The highest BCUT2D eigenvalue weighted by Crippen LogP contribution is 2.19. The number of hydrogen-bond donors (Lipinski definition) is 3. The van der Waals surface area contributed by atoms with E-state index in [-0.39, 0.29) is 5.56 Å². The molecule has 9 heteroatoms. The Morgan fingerprint density at radius 2 is 1.85 bits per heavy atom. The fourth-order valence-electron chi connectivity index (χ4n) is 2.55. The molecular weight excluding hydrogens is 352 g/mol. The molecule has 0 atom stereocenters. The zero-order valence-electron chi connectivity index (χ0n) is 15.4. The van der Waals surface area contributed by atoms with E-state index in [1.54, 1.807) is 12.1 Å². The van der Waals surface area contributed by atoms with Crippen molar-refractivity contribution in [3.05, 3.63) is 56.9 Å². The summed E-state index contributed by atoms with van der Waals surface area (Å²) in [4.78, 5) is 52.4. The molecule has 0 aliphatic heterocycles. The van der Waals surface area contributed by atoms with Crippen LogP contribution >= 0.6 is 0 Å². The van der Waals surface area contributed by atoms with Gasteiger partial charge >= 0.3 is 11.7 Å². The van der Waals surface area contributed by atoms with Gasteiger partial charge in [0.05, 0.1) is 0 Å². The molecule has 1 aromatic heterocycles. The van der Waals surface area contributed by atoms with Crippen molar-refractivity contribution in [3.8, 4) is 0 Å². The number of carbonyl (C=O) groups excluding carboxylic acids is 2. The van der Waals surface area contributed by atoms with Crippen molar-refractivity contribution < 1.29 is 14.3 Å². The number of nitrogens with one attached hydrogen (secondary N) is 3. The van der Waals surface area contributed by atoms with Gasteiger partial charge in [-0.25, -0.2) is 9.59 Å². The summed E-state index contributed by atoms with van der Waals surface area (Å²) in [5.74, 6) is -1.55. The quantitative estimate of drug-likeness (QED) is 0.623. The lowest BCUT2D eigenvalue weighted by atomic mass is 10.2. The smallest absolute Gasteiger partial charge is 0.345 e. The first-order valence-electron chi connectivity index (χ1n) is 8.47. The fraction of sp³-hybridized carbons (Fsp3) is 0.333. The van der Waals surface area contributed by atoms with Crippen molar-refractivity contribution in [1.29, 1.82) is 0 Å². The van der Waals surface area contributed by atoms with E-state index in [1.165, 1.54) is 0 Å². The molecule has 0 radical (unpaired) electrons. The van der Waals surface area contributed by atoms with Gasteiger partial charge in [-0.2, -0.15) is 0 Å². The first-order chi connectivity index (χ1) is 12.8. The van der Waals surface area contributed by atoms with Gasteiger partial charge in [0.15, 0.2) is 6.61 Å². The topological polar surface area (TPSA) is 124 Å². The maximum Gasteiger partial charge on any atom is 0.345 e. The van der Waals surface area contributed by atoms with Crippen molar-refractivity contribution in [1.82, 2.24) is 9.97 Å². The van der Waals surface area contributed by atoms with Crippen LogP contribution in [0.2, 0.25) is 0 Å². The molecule has 0 aliphatic rings. The third-order valence-electron chi connectivity index (χ3n) is 3.82. The molecule has 9 nitrogen and oxygen atoms in total. The number of esters is 1. The minimum atomic E-state index is -1.01. The Hall–Kier alpha value is -3.36. The largest absolute Gasteiger partial charge is 0.452 e. The zero-order chi connectivity index (χ0) is 20.0. The highest BCUT2D eigenvalue weighted by Gasteiger charge is 2.15. The number of aromatic amines is 2. The van der Waals surface area contributed by atoms with E-state index >= 15 is 0 Å². The third-order valence-corrected chi connectivity index (χ3v) is 3.82. The van der Waals surface area contributed by atoms with E-state index in [4.69, 9.17) is 4.74 Å². The van der Waals surface area contributed by atoms with E-state index in [0.717, 1.165) is 18.4 Å². The SMILES string of the molecule is CCN(c1ccc(NC(=O)COC(=O)c2c[nH]c(=O)[nH]c2=O)cc1)C(C)C. The van der Waals surface area contributed by atoms with Crippen LogP contribution in [0, 0.1) is 0 Å². The lowest BCUT2D eigenvalue weighted by Crippen LogP contribution is -2.30. The zero-order valence-corrected chi connectivity index (χ0v) is 15.4. The number of amides is 1. The number of aromatic nitrogens is 2. The van der Waals surface area contributed by atoms with Crippen molar-refractivity contribution >= 4 is 23.3 Å². The molecule has 0 saturated carbocycles. The monoisotopic (exact) mass is 374 g/mol. The summed E-state index contributed by atoms with van der Waals surface area (Å²) in [5, 5.41) is 2.61. The number of benzene rings is 1. The predicted molar refractivity (Wildman–Crippen MR) is 101 cm³/mol. The average Bonchev–Trinajstić information content (AvgIpc) is 2.61. The molecule has 27 heavy (non-hydrogen) atoms. The molecule has 2 aromatic rings. The number of carbonyl (C=O) groups is 2. The Morgan fingerprint density at radius 1 is 1.19 bits per heavy atom. The Labute approximate surface area is 155 Å². The number of rotatable bonds is 7. The Balaban J connectivity index is 1.93. The van der Waals surface area contributed by atoms with Crippen molar-refractivity contribution in [2.45, 2.75) is 26.8 Å². The maximum atomic E-state index is 11.9. The Morgan fingerprint density at radius 3 is 2.41 bits per heavy atom. The molecule has 3 N–H and O–H groups in total. The minimum absolute atomic E-state index is 0.353. The van der Waals surface area contributed by atoms with Crippen LogP contribution in [0.4, 0.5) is 11.4 Å². The van der Waals surface area contributed by atoms with Gasteiger partial charge in [-0.05, 0) is 45.0 Å². The van der Waals surface area contributed by atoms with Crippen molar-refractivity contribution in [2.24, 2.45) is 0 Å². The second kappa shape index (κ2) is 8.84. The van der Waals surface area contributed by atoms with Gasteiger partial charge in [-0.3, -0.25) is 14.6 Å². The van der Waals surface area contributed by atoms with Crippen molar-refractivity contribution in [2.75, 3.05) is 23.4 Å². The molecule has 1 aromatic carbocycles. The first-order valence-corrected chi connectivity index (χ1v) is 8.47. The summed E-state index contributed by atoms with van der Waals surface area (Å²) < 4.78 is 4.79. The molecule has 144 valence electrons. The second-order valence-corrected chi connectivity index (χ2v) is 6.04. The van der Waals surface area contributed by atoms with E-state index in [9.17, 15) is 19.2 Å². The highest BCUT2D eigenvalue weighted by molar-refractivity contribution is 5.95. The standard InChI is InChI=1S/C18H22N4O5/c1-4-22(11(2)3)13-7-5-12(6-8-13)20-15(23)10-27-17(25)14-9-19-18(26)21-16(14)24/h5-9,11H,4,10H2,1-3H3,(H,20,23)(H2,19,21,24,26). The Bertz CT molecular complexity index is 914. The number of H-pyrrole nitrogens is 2. The van der Waals surface area contributed by atoms with Crippen LogP contribution in [0.3, 0.4) is 0 Å². The summed E-state index contributed by atoms with van der Waals surface area (Å²) in [6.45, 7) is 6.56. The molecule has 0 saturated heterocycles. The summed E-state index contributed by atoms with van der Waals surface area (Å²) in [5.41, 5.74) is -0.418. The van der Waals surface area contributed by atoms with Gasteiger partial charge in [0.2, 0.25) is 0 Å². The molecule has 0 unspecified atom stereocenters. The van der Waals surface area contributed by atoms with E-state index in [2.05, 4.69) is 36.0 Å². The normalized spacial score (nSPS) is 10.5. The van der Waals surface area contributed by atoms with Gasteiger partial charge in [-0.1, -0.05) is 0 Å². The van der Waals surface area contributed by atoms with Crippen LogP contribution in [0.1, 0.15) is 31.1 Å². The highest BCUT2D eigenvalue weighted by atomic mass is 16.5. The minimum Gasteiger partial charge on any atom is -0.452 e. The van der Waals surface area contributed by atoms with Crippen molar-refractivity contribution in [3.63, 3.8) is 0 Å². The van der Waals surface area contributed by atoms with Gasteiger partial charge in [0, 0.05) is 30.2 Å². The number of ether oxygens (including phenoxy) is 1. The summed E-state index contributed by atoms with van der Waals surface area (Å²) in [6, 6.07) is 7.65. The lowest BCUT2D eigenvalue weighted by molar-refractivity contribution is -0.119. The summed E-state index contributed by atoms with van der Waals surface area (Å²) in [6.07, 6.45) is 0.939. The molecular formula is C18H22N4O5. The molecule has 0 bridgehead atoms. The molecule has 1 heterocycles. The van der Waals surface area contributed by atoms with Crippen LogP contribution in [0.25, 0.3) is 0 Å². The lowest BCUT2D eigenvalue weighted by Gasteiger charge is -2.27. The average molecular weight is 374 g/mol. The van der Waals surface area contributed by atoms with Crippen LogP contribution in [-0.4, -0.2) is 41.0 Å². The molecule has 0 spiro atoms. The van der Waals surface area contributed by atoms with Crippen LogP contribution < -0.4 is 21.5 Å². The summed E-state index contributed by atoms with van der Waals surface area (Å²) in [7, 11) is 0. The van der Waals surface area contributed by atoms with Crippen LogP contribution in [0.15, 0.2) is 40.1 Å². The number of hydrogen-bond acceptors (Lipinski definition) is 6. The second-order valence-electron chi connectivity index (χ2n) is 6.04. The molecule has 0 aliphatic carbocycles. The fourth-order valence-corrected chi connectivity index (χ4v) is 2.55. The van der Waals surface area contributed by atoms with Gasteiger partial charge in [-0.15, -0.1) is 0 Å². The van der Waals surface area contributed by atoms with E-state index < -0.39 is 29.7 Å². The maximum absolute atomic E-state index is 11.9. The third kappa shape index (κ3) is 5.30. The number of anilines is 2. The van der Waals surface area contributed by atoms with Gasteiger partial charge < -0.3 is 19.9 Å². The predicted octanol–water partition coefficient (Wildman–Crippen LogP) is 1.09. The number of nitrogens with zero attached hydrogens (tertiary/aromatic N) is 1. The Kier molecular flexibility index (Phi) is 6.53. The van der Waals surface area contributed by atoms with E-state index in [0.29, 0.717) is 11.7 Å². The first kappa shape index (κ1) is 20.0.